The predicted octanol–water partition coefficient (Wildman–Crippen LogP) is 6.31. The Morgan fingerprint density at radius 1 is 1.03 bits per heavy atom. The maximum Gasteiger partial charge on any atom is 0.181 e. The molecule has 0 saturated heterocycles. The van der Waals surface area contributed by atoms with Crippen molar-refractivity contribution in [3.8, 4) is 0 Å². The molecule has 186 valence electrons. The minimum atomic E-state index is 0.202. The number of carbonyl (C=O) groups is 1. The summed E-state index contributed by atoms with van der Waals surface area (Å²) in [5, 5.41) is 1.82. The van der Waals surface area contributed by atoms with Gasteiger partial charge in [0.2, 0.25) is 0 Å². The van der Waals surface area contributed by atoms with Gasteiger partial charge in [-0.3, -0.25) is 4.79 Å². The van der Waals surface area contributed by atoms with Gasteiger partial charge in [0, 0.05) is 22.7 Å². The molecule has 1 atom stereocenters. The van der Waals surface area contributed by atoms with E-state index in [0.29, 0.717) is 24.1 Å². The second kappa shape index (κ2) is 11.2. The molecule has 1 saturated carbocycles. The van der Waals surface area contributed by atoms with Crippen molar-refractivity contribution < 1.29 is 4.79 Å². The van der Waals surface area contributed by atoms with Crippen LogP contribution in [0, 0.1) is 11.8 Å². The first-order valence-corrected chi connectivity index (χ1v) is 14.3. The number of benzene rings is 1. The van der Waals surface area contributed by atoms with E-state index in [9.17, 15) is 4.79 Å². The highest BCUT2D eigenvalue weighted by atomic mass is 32.1. The summed E-state index contributed by atoms with van der Waals surface area (Å²) in [6.07, 6.45) is 11.4. The smallest absolute Gasteiger partial charge is 0.181 e. The highest BCUT2D eigenvalue weighted by Crippen LogP contribution is 2.35. The van der Waals surface area contributed by atoms with Crippen LogP contribution < -0.4 is 5.73 Å². The van der Waals surface area contributed by atoms with Crippen molar-refractivity contribution in [1.29, 1.82) is 0 Å². The highest BCUT2D eigenvalue weighted by Gasteiger charge is 2.28. The normalized spacial score (nSPS) is 22.4. The molecule has 2 heterocycles. The molecule has 2 aromatic heterocycles. The molecular weight excluding hydrogens is 452 g/mol. The van der Waals surface area contributed by atoms with Gasteiger partial charge in [0.05, 0.1) is 11.2 Å². The van der Waals surface area contributed by atoms with Gasteiger partial charge in [0.1, 0.15) is 5.69 Å². The van der Waals surface area contributed by atoms with Crippen LogP contribution in [-0.2, 0) is 12.8 Å². The number of Topliss-reactive ketones (excluding diaryl/α,β-unsaturated/α-hetero) is 1. The Kier molecular flexibility index (Phi) is 7.78. The highest BCUT2D eigenvalue weighted by molar-refractivity contribution is 7.15. The Labute approximate surface area is 213 Å². The SMILES string of the molecule is CCCN(CCC1CCC(CC(=O)c2ccc3ccccc3n2)CC1)[C@H]1CCc2nc(N)sc2C1. The number of anilines is 1. The van der Waals surface area contributed by atoms with Gasteiger partial charge in [-0.25, -0.2) is 9.97 Å². The number of para-hydroxylation sites is 1. The summed E-state index contributed by atoms with van der Waals surface area (Å²) in [5.41, 5.74) is 8.74. The first kappa shape index (κ1) is 24.4. The molecular formula is C29H38N4OS. The molecule has 0 unspecified atom stereocenters. The number of pyridine rings is 1. The van der Waals surface area contributed by atoms with Gasteiger partial charge >= 0.3 is 0 Å². The fourth-order valence-corrected chi connectivity index (χ4v) is 7.06. The number of aryl methyl sites for hydroxylation is 1. The molecule has 6 heteroatoms. The predicted molar refractivity (Wildman–Crippen MR) is 145 cm³/mol. The summed E-state index contributed by atoms with van der Waals surface area (Å²) in [4.78, 5) is 26.2. The van der Waals surface area contributed by atoms with E-state index in [1.54, 1.807) is 11.3 Å². The second-order valence-corrected chi connectivity index (χ2v) is 11.7. The first-order chi connectivity index (χ1) is 17.1. The van der Waals surface area contributed by atoms with E-state index in [1.165, 1.54) is 68.6 Å². The lowest BCUT2D eigenvalue weighted by molar-refractivity contribution is 0.0933. The van der Waals surface area contributed by atoms with Crippen LogP contribution in [0.15, 0.2) is 36.4 Å². The van der Waals surface area contributed by atoms with E-state index in [-0.39, 0.29) is 5.78 Å². The quantitative estimate of drug-likeness (QED) is 0.356. The van der Waals surface area contributed by atoms with E-state index in [4.69, 9.17) is 5.73 Å². The van der Waals surface area contributed by atoms with E-state index < -0.39 is 0 Å². The Balaban J connectivity index is 1.09. The number of thiazole rings is 1. The zero-order chi connectivity index (χ0) is 24.2. The minimum Gasteiger partial charge on any atom is -0.375 e. The fourth-order valence-electron chi connectivity index (χ4n) is 6.11. The standard InChI is InChI=1S/C29H38N4OS/c1-2-16-33(23-12-14-26-28(19-23)35-29(30)32-26)17-15-20-7-9-21(10-8-20)18-27(34)25-13-11-22-5-3-4-6-24(22)31-25/h3-6,11,13,20-21,23H,2,7-10,12,14-19H2,1H3,(H2,30,32)/t20?,21?,23-/m0/s1. The molecule has 0 bridgehead atoms. The van der Waals surface area contributed by atoms with Crippen molar-refractivity contribution in [3.05, 3.63) is 52.7 Å². The fraction of sp³-hybridized carbons (Fsp3) is 0.552. The molecule has 0 spiro atoms. The number of rotatable bonds is 9. The van der Waals surface area contributed by atoms with Crippen LogP contribution in [0.1, 0.15) is 79.3 Å². The maximum absolute atomic E-state index is 12.9. The van der Waals surface area contributed by atoms with Gasteiger partial charge in [-0.05, 0) is 82.0 Å². The third kappa shape index (κ3) is 5.92. The number of nitrogen functional groups attached to an aromatic ring is 1. The topological polar surface area (TPSA) is 72.1 Å². The van der Waals surface area contributed by atoms with Gasteiger partial charge in [-0.1, -0.05) is 44.0 Å². The number of hydrogen-bond donors (Lipinski definition) is 1. The second-order valence-electron chi connectivity index (χ2n) is 10.5. The van der Waals surface area contributed by atoms with Crippen LogP contribution in [0.5, 0.6) is 0 Å². The molecule has 3 aromatic rings. The average Bonchev–Trinajstić information content (AvgIpc) is 3.26. The third-order valence-corrected chi connectivity index (χ3v) is 9.06. The van der Waals surface area contributed by atoms with Gasteiger partial charge in [0.15, 0.2) is 10.9 Å². The van der Waals surface area contributed by atoms with Crippen LogP contribution in [0.2, 0.25) is 0 Å². The zero-order valence-corrected chi connectivity index (χ0v) is 21.7. The van der Waals surface area contributed by atoms with Gasteiger partial charge < -0.3 is 10.6 Å². The lowest BCUT2D eigenvalue weighted by atomic mass is 9.78. The van der Waals surface area contributed by atoms with E-state index >= 15 is 0 Å². The van der Waals surface area contributed by atoms with Crippen molar-refractivity contribution in [2.24, 2.45) is 11.8 Å². The Morgan fingerprint density at radius 2 is 1.83 bits per heavy atom. The third-order valence-electron chi connectivity index (χ3n) is 8.11. The van der Waals surface area contributed by atoms with Gasteiger partial charge in [-0.2, -0.15) is 0 Å². The number of hydrogen-bond acceptors (Lipinski definition) is 6. The van der Waals surface area contributed by atoms with Crippen molar-refractivity contribution >= 4 is 33.2 Å². The van der Waals surface area contributed by atoms with Crippen molar-refractivity contribution in [2.45, 2.75) is 77.2 Å². The van der Waals surface area contributed by atoms with Crippen molar-refractivity contribution in [1.82, 2.24) is 14.9 Å². The summed E-state index contributed by atoms with van der Waals surface area (Å²) < 4.78 is 0. The molecule has 0 amide bonds. The van der Waals surface area contributed by atoms with Crippen LogP contribution in [0.4, 0.5) is 5.13 Å². The molecule has 2 aliphatic rings. The van der Waals surface area contributed by atoms with E-state index in [1.807, 2.05) is 36.4 Å². The number of carbonyl (C=O) groups excluding carboxylic acids is 1. The molecule has 1 aromatic carbocycles. The average molecular weight is 491 g/mol. The van der Waals surface area contributed by atoms with Crippen LogP contribution in [-0.4, -0.2) is 39.8 Å². The molecule has 2 aliphatic carbocycles. The molecule has 2 N–H and O–H groups in total. The molecule has 5 nitrogen and oxygen atoms in total. The number of fused-ring (bicyclic) bond motifs is 2. The summed E-state index contributed by atoms with van der Waals surface area (Å²) in [6.45, 7) is 4.66. The molecule has 35 heavy (non-hydrogen) atoms. The lowest BCUT2D eigenvalue weighted by Crippen LogP contribution is -2.41. The van der Waals surface area contributed by atoms with E-state index in [0.717, 1.165) is 34.8 Å². The van der Waals surface area contributed by atoms with Crippen molar-refractivity contribution in [2.75, 3.05) is 18.8 Å². The largest absolute Gasteiger partial charge is 0.375 e. The van der Waals surface area contributed by atoms with Crippen molar-refractivity contribution in [3.63, 3.8) is 0 Å². The van der Waals surface area contributed by atoms with Crippen LogP contribution >= 0.6 is 11.3 Å². The molecule has 0 aliphatic heterocycles. The minimum absolute atomic E-state index is 0.202. The summed E-state index contributed by atoms with van der Waals surface area (Å²) in [5.74, 6) is 1.50. The number of aromatic nitrogens is 2. The lowest BCUT2D eigenvalue weighted by Gasteiger charge is -2.36. The van der Waals surface area contributed by atoms with Crippen LogP contribution in [0.25, 0.3) is 10.9 Å². The Bertz CT molecular complexity index is 1150. The monoisotopic (exact) mass is 490 g/mol. The zero-order valence-electron chi connectivity index (χ0n) is 20.9. The van der Waals surface area contributed by atoms with Crippen LogP contribution in [0.3, 0.4) is 0 Å². The first-order valence-electron chi connectivity index (χ1n) is 13.5. The molecule has 0 radical (unpaired) electrons. The number of nitrogens with zero attached hydrogens (tertiary/aromatic N) is 3. The Morgan fingerprint density at radius 3 is 2.66 bits per heavy atom. The van der Waals surface area contributed by atoms with E-state index in [2.05, 4.69) is 21.8 Å². The number of ketones is 1. The number of nitrogens with two attached hydrogens (primary N) is 1. The summed E-state index contributed by atoms with van der Waals surface area (Å²) >= 11 is 1.69. The molecule has 1 fully saturated rings. The summed E-state index contributed by atoms with van der Waals surface area (Å²) in [6, 6.07) is 12.6. The van der Waals surface area contributed by atoms with Gasteiger partial charge in [0.25, 0.3) is 0 Å². The molecule has 5 rings (SSSR count). The summed E-state index contributed by atoms with van der Waals surface area (Å²) in [7, 11) is 0. The maximum atomic E-state index is 12.9. The van der Waals surface area contributed by atoms with Gasteiger partial charge in [-0.15, -0.1) is 11.3 Å². The Hall–Kier alpha value is -2.31.